The molecule has 31 heavy (non-hydrogen) atoms. The summed E-state index contributed by atoms with van der Waals surface area (Å²) in [6.07, 6.45) is -3.40. The number of rotatable bonds is 5. The van der Waals surface area contributed by atoms with E-state index in [2.05, 4.69) is 6.92 Å². The normalized spacial score (nSPS) is 26.5. The third-order valence-electron chi connectivity index (χ3n) is 6.17. The van der Waals surface area contributed by atoms with E-state index in [9.17, 15) is 24.8 Å². The number of benzene rings is 2. The molecule has 4 N–H and O–H groups in total. The predicted molar refractivity (Wildman–Crippen MR) is 114 cm³/mol. The average Bonchev–Trinajstić information content (AvgIpc) is 3.15. The number of aliphatic hydroxyl groups excluding tert-OH is 4. The minimum absolute atomic E-state index is 0.385. The van der Waals surface area contributed by atoms with Gasteiger partial charge < -0.3 is 29.7 Å². The fraction of sp³-hybridized carbons (Fsp3) is 0.417. The Morgan fingerprint density at radius 3 is 2.29 bits per heavy atom. The van der Waals surface area contributed by atoms with E-state index in [4.69, 9.17) is 4.74 Å². The van der Waals surface area contributed by atoms with Crippen LogP contribution in [0, 0.1) is 12.7 Å². The van der Waals surface area contributed by atoms with Gasteiger partial charge in [-0.2, -0.15) is 0 Å². The van der Waals surface area contributed by atoms with Crippen molar-refractivity contribution in [3.8, 4) is 0 Å². The Balaban J connectivity index is 1.81. The number of hydrogen-bond donors (Lipinski definition) is 4. The number of nitrogens with zero attached hydrogens (tertiary/aromatic N) is 1. The molecular weight excluding hydrogens is 401 g/mol. The second-order valence-corrected chi connectivity index (χ2v) is 8.22. The van der Waals surface area contributed by atoms with E-state index in [1.54, 1.807) is 16.8 Å². The quantitative estimate of drug-likeness (QED) is 0.499. The molecule has 0 spiro atoms. The summed E-state index contributed by atoms with van der Waals surface area (Å²) in [5.74, 6) is -0.385. The molecule has 5 atom stereocenters. The minimum Gasteiger partial charge on any atom is -0.394 e. The molecule has 4 rings (SSSR count). The SMILES string of the molecule is CCc1ccc(Cc2cn([C@@H]3O[C@H](CO)[C@@H](O)[C@H](O)[C@H]3O)c3c(C)ccc(F)c23)cc1. The Hall–Kier alpha value is -2.29. The van der Waals surface area contributed by atoms with E-state index in [0.29, 0.717) is 17.3 Å². The summed E-state index contributed by atoms with van der Waals surface area (Å²) in [4.78, 5) is 0. The first-order valence-electron chi connectivity index (χ1n) is 10.5. The molecule has 7 heteroatoms. The van der Waals surface area contributed by atoms with Crippen molar-refractivity contribution in [2.45, 2.75) is 57.3 Å². The first-order chi connectivity index (χ1) is 14.8. The molecule has 0 unspecified atom stereocenters. The Morgan fingerprint density at radius 1 is 0.968 bits per heavy atom. The highest BCUT2D eigenvalue weighted by Gasteiger charge is 2.44. The average molecular weight is 429 g/mol. The van der Waals surface area contributed by atoms with Crippen LogP contribution in [0.15, 0.2) is 42.6 Å². The molecule has 166 valence electrons. The summed E-state index contributed by atoms with van der Waals surface area (Å²) in [6, 6.07) is 11.2. The molecular formula is C24H28FNO5. The van der Waals surface area contributed by atoms with Gasteiger partial charge in [-0.25, -0.2) is 4.39 Å². The molecule has 0 amide bonds. The van der Waals surface area contributed by atoms with Gasteiger partial charge in [-0.05, 0) is 48.1 Å². The van der Waals surface area contributed by atoms with Crippen molar-refractivity contribution in [1.82, 2.24) is 4.57 Å². The summed E-state index contributed by atoms with van der Waals surface area (Å²) in [6.45, 7) is 3.40. The van der Waals surface area contributed by atoms with Gasteiger partial charge in [-0.15, -0.1) is 0 Å². The Bertz CT molecular complexity index is 1060. The summed E-state index contributed by atoms with van der Waals surface area (Å²) in [5, 5.41) is 40.9. The van der Waals surface area contributed by atoms with Crippen LogP contribution in [-0.2, 0) is 17.6 Å². The molecule has 0 saturated carbocycles. The van der Waals surface area contributed by atoms with Crippen molar-refractivity contribution in [3.05, 3.63) is 70.7 Å². The molecule has 1 aromatic heterocycles. The van der Waals surface area contributed by atoms with E-state index in [1.165, 1.54) is 11.6 Å². The van der Waals surface area contributed by atoms with E-state index < -0.39 is 37.3 Å². The number of fused-ring (bicyclic) bond motifs is 1. The van der Waals surface area contributed by atoms with Gasteiger partial charge in [0.1, 0.15) is 30.2 Å². The van der Waals surface area contributed by atoms with E-state index in [0.717, 1.165) is 23.1 Å². The first-order valence-corrected chi connectivity index (χ1v) is 10.5. The van der Waals surface area contributed by atoms with Gasteiger partial charge in [0.25, 0.3) is 0 Å². The number of halogens is 1. The third kappa shape index (κ3) is 3.88. The zero-order valence-corrected chi connectivity index (χ0v) is 17.6. The highest BCUT2D eigenvalue weighted by atomic mass is 19.1. The molecule has 1 aliphatic rings. The van der Waals surface area contributed by atoms with E-state index in [1.807, 2.05) is 31.2 Å². The molecule has 0 radical (unpaired) electrons. The van der Waals surface area contributed by atoms with Gasteiger partial charge in [0.2, 0.25) is 0 Å². The number of aromatic nitrogens is 1. The standard InChI is InChI=1S/C24H28FNO5/c1-3-14-5-7-15(8-6-14)10-16-11-26(20-13(2)4-9-17(25)19(16)20)24-23(30)22(29)21(28)18(12-27)31-24/h4-9,11,18,21-24,27-30H,3,10,12H2,1-2H3/t18-,21-,22+,23-,24-/m1/s1. The Morgan fingerprint density at radius 2 is 1.65 bits per heavy atom. The largest absolute Gasteiger partial charge is 0.394 e. The van der Waals surface area contributed by atoms with Crippen LogP contribution in [0.2, 0.25) is 0 Å². The van der Waals surface area contributed by atoms with Crippen LogP contribution in [0.1, 0.15) is 35.4 Å². The molecule has 6 nitrogen and oxygen atoms in total. The highest BCUT2D eigenvalue weighted by Crippen LogP contribution is 2.36. The highest BCUT2D eigenvalue weighted by molar-refractivity contribution is 5.87. The number of aryl methyl sites for hydroxylation is 2. The molecule has 1 aliphatic heterocycles. The molecule has 0 aliphatic carbocycles. The van der Waals surface area contributed by atoms with E-state index >= 15 is 0 Å². The van der Waals surface area contributed by atoms with Crippen LogP contribution >= 0.6 is 0 Å². The molecule has 1 fully saturated rings. The van der Waals surface area contributed by atoms with Crippen molar-refractivity contribution in [2.24, 2.45) is 0 Å². The van der Waals surface area contributed by atoms with Crippen LogP contribution in [0.4, 0.5) is 4.39 Å². The lowest BCUT2D eigenvalue weighted by molar-refractivity contribution is -0.250. The van der Waals surface area contributed by atoms with Crippen molar-refractivity contribution in [1.29, 1.82) is 0 Å². The van der Waals surface area contributed by atoms with Gasteiger partial charge in [-0.1, -0.05) is 37.3 Å². The molecule has 2 aromatic carbocycles. The second-order valence-electron chi connectivity index (χ2n) is 8.22. The maximum atomic E-state index is 15.0. The van der Waals surface area contributed by atoms with Crippen LogP contribution in [0.5, 0.6) is 0 Å². The second kappa shape index (κ2) is 8.68. The zero-order chi connectivity index (χ0) is 22.3. The zero-order valence-electron chi connectivity index (χ0n) is 17.6. The van der Waals surface area contributed by atoms with Crippen molar-refractivity contribution in [3.63, 3.8) is 0 Å². The first kappa shape index (κ1) is 21.9. The number of hydrogen-bond acceptors (Lipinski definition) is 5. The maximum Gasteiger partial charge on any atom is 0.163 e. The van der Waals surface area contributed by atoms with Crippen LogP contribution in [-0.4, -0.2) is 56.0 Å². The summed E-state index contributed by atoms with van der Waals surface area (Å²) < 4.78 is 22.3. The topological polar surface area (TPSA) is 95.1 Å². The monoisotopic (exact) mass is 429 g/mol. The van der Waals surface area contributed by atoms with Gasteiger partial charge >= 0.3 is 0 Å². The van der Waals surface area contributed by atoms with Crippen molar-refractivity contribution >= 4 is 10.9 Å². The molecule has 1 saturated heterocycles. The van der Waals surface area contributed by atoms with Crippen LogP contribution in [0.25, 0.3) is 10.9 Å². The van der Waals surface area contributed by atoms with Gasteiger partial charge in [0, 0.05) is 11.6 Å². The fourth-order valence-corrected chi connectivity index (χ4v) is 4.37. The minimum atomic E-state index is -1.51. The predicted octanol–water partition coefficient (Wildman–Crippen LogP) is 2.21. The molecule has 0 bridgehead atoms. The van der Waals surface area contributed by atoms with E-state index in [-0.39, 0.29) is 5.82 Å². The lowest BCUT2D eigenvalue weighted by Gasteiger charge is -2.40. The molecule has 3 aromatic rings. The maximum absolute atomic E-state index is 15.0. The summed E-state index contributed by atoms with van der Waals surface area (Å²) >= 11 is 0. The van der Waals surface area contributed by atoms with Crippen molar-refractivity contribution in [2.75, 3.05) is 6.61 Å². The van der Waals surface area contributed by atoms with Gasteiger partial charge in [-0.3, -0.25) is 0 Å². The lowest BCUT2D eigenvalue weighted by Crippen LogP contribution is -2.56. The smallest absolute Gasteiger partial charge is 0.163 e. The summed E-state index contributed by atoms with van der Waals surface area (Å²) in [5.41, 5.74) is 4.28. The molecule has 2 heterocycles. The van der Waals surface area contributed by atoms with Crippen molar-refractivity contribution < 1.29 is 29.6 Å². The van der Waals surface area contributed by atoms with Crippen LogP contribution in [0.3, 0.4) is 0 Å². The third-order valence-corrected chi connectivity index (χ3v) is 6.17. The lowest BCUT2D eigenvalue weighted by atomic mass is 9.98. The Labute approximate surface area is 180 Å². The number of ether oxygens (including phenoxy) is 1. The van der Waals surface area contributed by atoms with Gasteiger partial charge in [0.15, 0.2) is 6.23 Å². The fourth-order valence-electron chi connectivity index (χ4n) is 4.37. The van der Waals surface area contributed by atoms with Gasteiger partial charge in [0.05, 0.1) is 12.1 Å². The Kier molecular flexibility index (Phi) is 6.14. The van der Waals surface area contributed by atoms with Crippen LogP contribution < -0.4 is 0 Å². The summed E-state index contributed by atoms with van der Waals surface area (Å²) in [7, 11) is 0. The number of aliphatic hydroxyl groups is 4.